The molecule has 13 heavy (non-hydrogen) atoms. The SMILES string of the molecule is Cc1ccc(Br)c([C@@H](O)C(=O)O)c1. The molecule has 70 valence electrons. The maximum absolute atomic E-state index is 10.5. The Labute approximate surface area is 84.1 Å². The summed E-state index contributed by atoms with van der Waals surface area (Å²) in [6, 6.07) is 5.20. The van der Waals surface area contributed by atoms with Crippen molar-refractivity contribution in [1.82, 2.24) is 0 Å². The first-order valence-corrected chi connectivity index (χ1v) is 4.48. The van der Waals surface area contributed by atoms with Gasteiger partial charge in [0.1, 0.15) is 0 Å². The van der Waals surface area contributed by atoms with Crippen LogP contribution in [0.25, 0.3) is 0 Å². The number of aryl methyl sites for hydroxylation is 1. The highest BCUT2D eigenvalue weighted by atomic mass is 79.9. The van der Waals surface area contributed by atoms with Gasteiger partial charge in [-0.15, -0.1) is 0 Å². The van der Waals surface area contributed by atoms with E-state index in [9.17, 15) is 9.90 Å². The van der Waals surface area contributed by atoms with Crippen LogP contribution in [0.2, 0.25) is 0 Å². The van der Waals surface area contributed by atoms with Gasteiger partial charge in [-0.05, 0) is 13.0 Å². The summed E-state index contributed by atoms with van der Waals surface area (Å²) in [4.78, 5) is 10.5. The first-order valence-electron chi connectivity index (χ1n) is 3.69. The van der Waals surface area contributed by atoms with Gasteiger partial charge >= 0.3 is 5.97 Å². The lowest BCUT2D eigenvalue weighted by molar-refractivity contribution is -0.147. The molecule has 1 rings (SSSR count). The lowest BCUT2D eigenvalue weighted by Crippen LogP contribution is -2.11. The van der Waals surface area contributed by atoms with Gasteiger partial charge in [0.05, 0.1) is 0 Å². The molecule has 0 bridgehead atoms. The van der Waals surface area contributed by atoms with Gasteiger partial charge < -0.3 is 10.2 Å². The molecule has 2 N–H and O–H groups in total. The number of hydrogen-bond donors (Lipinski definition) is 2. The Kier molecular flexibility index (Phi) is 3.06. The second-order valence-electron chi connectivity index (χ2n) is 2.77. The molecule has 0 heterocycles. The summed E-state index contributed by atoms with van der Waals surface area (Å²) in [6.07, 6.45) is -1.46. The van der Waals surface area contributed by atoms with Gasteiger partial charge in [-0.1, -0.05) is 33.6 Å². The van der Waals surface area contributed by atoms with Gasteiger partial charge in [-0.2, -0.15) is 0 Å². The number of carboxylic acid groups (broad SMARTS) is 1. The normalized spacial score (nSPS) is 12.5. The lowest BCUT2D eigenvalue weighted by Gasteiger charge is -2.08. The predicted molar refractivity (Wildman–Crippen MR) is 51.5 cm³/mol. The van der Waals surface area contributed by atoms with Crippen LogP contribution >= 0.6 is 15.9 Å². The number of rotatable bonds is 2. The molecule has 1 aromatic carbocycles. The highest BCUT2D eigenvalue weighted by Crippen LogP contribution is 2.24. The van der Waals surface area contributed by atoms with Crippen molar-refractivity contribution in [3.63, 3.8) is 0 Å². The Hall–Kier alpha value is -0.870. The molecule has 0 amide bonds. The summed E-state index contributed by atoms with van der Waals surface area (Å²) in [5.41, 5.74) is 1.30. The number of aliphatic hydroxyl groups excluding tert-OH is 1. The molecular weight excluding hydrogens is 236 g/mol. The van der Waals surface area contributed by atoms with E-state index in [4.69, 9.17) is 5.11 Å². The zero-order valence-electron chi connectivity index (χ0n) is 6.99. The van der Waals surface area contributed by atoms with Crippen LogP contribution in [0.4, 0.5) is 0 Å². The number of aliphatic hydroxyl groups is 1. The van der Waals surface area contributed by atoms with E-state index < -0.39 is 12.1 Å². The van der Waals surface area contributed by atoms with E-state index in [0.717, 1.165) is 5.56 Å². The van der Waals surface area contributed by atoms with Gasteiger partial charge in [-0.3, -0.25) is 0 Å². The highest BCUT2D eigenvalue weighted by molar-refractivity contribution is 9.10. The van der Waals surface area contributed by atoms with E-state index in [1.54, 1.807) is 12.1 Å². The van der Waals surface area contributed by atoms with Crippen molar-refractivity contribution in [3.8, 4) is 0 Å². The number of hydrogen-bond acceptors (Lipinski definition) is 2. The minimum atomic E-state index is -1.46. The van der Waals surface area contributed by atoms with Crippen LogP contribution < -0.4 is 0 Å². The Balaban J connectivity index is 3.12. The Morgan fingerprint density at radius 2 is 2.15 bits per heavy atom. The second-order valence-corrected chi connectivity index (χ2v) is 3.62. The summed E-state index contributed by atoms with van der Waals surface area (Å²) in [5.74, 6) is -1.24. The van der Waals surface area contributed by atoms with Crippen molar-refractivity contribution in [3.05, 3.63) is 33.8 Å². The van der Waals surface area contributed by atoms with Gasteiger partial charge in [0.2, 0.25) is 0 Å². The average Bonchev–Trinajstić information content (AvgIpc) is 2.08. The minimum absolute atomic E-state index is 0.382. The minimum Gasteiger partial charge on any atom is -0.479 e. The van der Waals surface area contributed by atoms with E-state index in [1.807, 2.05) is 13.0 Å². The van der Waals surface area contributed by atoms with Crippen LogP contribution in [0, 0.1) is 6.92 Å². The summed E-state index contributed by atoms with van der Waals surface area (Å²) in [7, 11) is 0. The van der Waals surface area contributed by atoms with E-state index in [2.05, 4.69) is 15.9 Å². The molecule has 0 spiro atoms. The molecule has 3 nitrogen and oxygen atoms in total. The fraction of sp³-hybridized carbons (Fsp3) is 0.222. The van der Waals surface area contributed by atoms with Crippen molar-refractivity contribution in [2.45, 2.75) is 13.0 Å². The predicted octanol–water partition coefficient (Wildman–Crippen LogP) is 1.88. The molecule has 0 aliphatic rings. The Bertz CT molecular complexity index is 336. The molecule has 0 aliphatic carbocycles. The van der Waals surface area contributed by atoms with E-state index in [0.29, 0.717) is 10.0 Å². The fourth-order valence-corrected chi connectivity index (χ4v) is 1.47. The molecule has 0 radical (unpaired) electrons. The van der Waals surface area contributed by atoms with Crippen molar-refractivity contribution in [2.24, 2.45) is 0 Å². The van der Waals surface area contributed by atoms with Crippen molar-refractivity contribution >= 4 is 21.9 Å². The van der Waals surface area contributed by atoms with Crippen LogP contribution in [0.1, 0.15) is 17.2 Å². The molecule has 1 atom stereocenters. The summed E-state index contributed by atoms with van der Waals surface area (Å²) >= 11 is 3.18. The third-order valence-electron chi connectivity index (χ3n) is 1.68. The molecule has 1 aromatic rings. The van der Waals surface area contributed by atoms with Crippen molar-refractivity contribution < 1.29 is 15.0 Å². The third kappa shape index (κ3) is 2.29. The monoisotopic (exact) mass is 244 g/mol. The van der Waals surface area contributed by atoms with E-state index >= 15 is 0 Å². The summed E-state index contributed by atoms with van der Waals surface area (Å²) < 4.78 is 0.605. The first kappa shape index (κ1) is 10.2. The number of aliphatic carboxylic acids is 1. The molecule has 0 saturated heterocycles. The van der Waals surface area contributed by atoms with Gasteiger partial charge in [0, 0.05) is 10.0 Å². The second kappa shape index (κ2) is 3.89. The fourth-order valence-electron chi connectivity index (χ4n) is 1.01. The average molecular weight is 245 g/mol. The molecule has 0 aromatic heterocycles. The van der Waals surface area contributed by atoms with Crippen LogP contribution in [-0.2, 0) is 4.79 Å². The van der Waals surface area contributed by atoms with Gasteiger partial charge in [-0.25, -0.2) is 4.79 Å². The zero-order chi connectivity index (χ0) is 10.0. The molecule has 0 saturated carbocycles. The van der Waals surface area contributed by atoms with Crippen LogP contribution in [0.3, 0.4) is 0 Å². The summed E-state index contributed by atoms with van der Waals surface area (Å²) in [6.45, 7) is 1.84. The Morgan fingerprint density at radius 3 is 2.69 bits per heavy atom. The maximum atomic E-state index is 10.5. The molecule has 0 aliphatic heterocycles. The van der Waals surface area contributed by atoms with E-state index in [-0.39, 0.29) is 0 Å². The molecular formula is C9H9BrO3. The van der Waals surface area contributed by atoms with E-state index in [1.165, 1.54) is 0 Å². The topological polar surface area (TPSA) is 57.5 Å². The largest absolute Gasteiger partial charge is 0.479 e. The number of carboxylic acids is 1. The quantitative estimate of drug-likeness (QED) is 0.836. The van der Waals surface area contributed by atoms with Crippen LogP contribution in [0.15, 0.2) is 22.7 Å². The molecule has 0 unspecified atom stereocenters. The Morgan fingerprint density at radius 1 is 1.54 bits per heavy atom. The standard InChI is InChI=1S/C9H9BrO3/c1-5-2-3-7(10)6(4-5)8(11)9(12)13/h2-4,8,11H,1H3,(H,12,13)/t8-/m1/s1. The smallest absolute Gasteiger partial charge is 0.337 e. The highest BCUT2D eigenvalue weighted by Gasteiger charge is 2.18. The third-order valence-corrected chi connectivity index (χ3v) is 2.40. The summed E-state index contributed by atoms with van der Waals surface area (Å²) in [5, 5.41) is 17.9. The number of carbonyl (C=O) groups is 1. The molecule has 0 fully saturated rings. The first-order chi connectivity index (χ1) is 6.02. The molecule has 4 heteroatoms. The van der Waals surface area contributed by atoms with Gasteiger partial charge in [0.15, 0.2) is 6.10 Å². The lowest BCUT2D eigenvalue weighted by atomic mass is 10.1. The van der Waals surface area contributed by atoms with Crippen LogP contribution in [0.5, 0.6) is 0 Å². The zero-order valence-corrected chi connectivity index (χ0v) is 8.58. The van der Waals surface area contributed by atoms with Gasteiger partial charge in [0.25, 0.3) is 0 Å². The van der Waals surface area contributed by atoms with Crippen LogP contribution in [-0.4, -0.2) is 16.2 Å². The van der Waals surface area contributed by atoms with Crippen molar-refractivity contribution in [2.75, 3.05) is 0 Å². The number of benzene rings is 1. The number of halogens is 1. The maximum Gasteiger partial charge on any atom is 0.337 e. The van der Waals surface area contributed by atoms with Crippen molar-refractivity contribution in [1.29, 1.82) is 0 Å².